The molecule has 1 aliphatic heterocycles. The molecule has 1 amide bonds. The number of hydrogen-bond donors (Lipinski definition) is 1. The summed E-state index contributed by atoms with van der Waals surface area (Å²) in [5.74, 6) is -1.71. The Labute approximate surface area is 158 Å². The van der Waals surface area contributed by atoms with Crippen LogP contribution in [0.15, 0.2) is 24.3 Å². The number of ether oxygens (including phenoxy) is 4. The molecule has 8 heteroatoms. The molecular formula is C19H25NO7. The number of benzene rings is 1. The average molecular weight is 379 g/mol. The summed E-state index contributed by atoms with van der Waals surface area (Å²) >= 11 is 0. The Hall–Kier alpha value is -2.61. The lowest BCUT2D eigenvalue weighted by atomic mass is 10.2. The van der Waals surface area contributed by atoms with Crippen LogP contribution in [0.5, 0.6) is 5.75 Å². The molecule has 0 spiro atoms. The van der Waals surface area contributed by atoms with Gasteiger partial charge in [-0.2, -0.15) is 0 Å². The lowest BCUT2D eigenvalue weighted by molar-refractivity contribution is -0.157. The molecule has 2 rings (SSSR count). The summed E-state index contributed by atoms with van der Waals surface area (Å²) in [7, 11) is 0. The van der Waals surface area contributed by atoms with Gasteiger partial charge in [-0.15, -0.1) is 0 Å². The molecule has 1 N–H and O–H groups in total. The zero-order valence-electron chi connectivity index (χ0n) is 15.6. The maximum Gasteiger partial charge on any atom is 0.340 e. The highest BCUT2D eigenvalue weighted by Gasteiger charge is 2.31. The van der Waals surface area contributed by atoms with Gasteiger partial charge in [0.2, 0.25) is 6.04 Å². The van der Waals surface area contributed by atoms with Gasteiger partial charge in [0, 0.05) is 12.2 Å². The smallest absolute Gasteiger partial charge is 0.340 e. The lowest BCUT2D eigenvalue weighted by Crippen LogP contribution is -2.48. The summed E-state index contributed by atoms with van der Waals surface area (Å²) in [6.45, 7) is 4.60. The van der Waals surface area contributed by atoms with Crippen LogP contribution in [-0.4, -0.2) is 56.4 Å². The van der Waals surface area contributed by atoms with Crippen LogP contribution in [-0.2, 0) is 23.8 Å². The summed E-state index contributed by atoms with van der Waals surface area (Å²) in [6, 6.07) is 4.88. The van der Waals surface area contributed by atoms with Crippen molar-refractivity contribution in [2.24, 2.45) is 0 Å². The molecule has 0 radical (unpaired) electrons. The Morgan fingerprint density at radius 2 is 1.74 bits per heavy atom. The van der Waals surface area contributed by atoms with E-state index in [0.717, 1.165) is 19.4 Å². The van der Waals surface area contributed by atoms with E-state index in [1.54, 1.807) is 38.1 Å². The Bertz CT molecular complexity index is 620. The van der Waals surface area contributed by atoms with Crippen molar-refractivity contribution < 1.29 is 33.3 Å². The van der Waals surface area contributed by atoms with E-state index in [0.29, 0.717) is 12.4 Å². The van der Waals surface area contributed by atoms with E-state index in [1.807, 2.05) is 0 Å². The van der Waals surface area contributed by atoms with E-state index >= 15 is 0 Å². The Balaban J connectivity index is 1.95. The Morgan fingerprint density at radius 3 is 2.26 bits per heavy atom. The molecule has 27 heavy (non-hydrogen) atoms. The van der Waals surface area contributed by atoms with E-state index in [4.69, 9.17) is 18.9 Å². The summed E-state index contributed by atoms with van der Waals surface area (Å²) in [6.07, 6.45) is 2.11. The highest BCUT2D eigenvalue weighted by atomic mass is 16.6. The fraction of sp³-hybridized carbons (Fsp3) is 0.526. The zero-order valence-corrected chi connectivity index (χ0v) is 15.6. The summed E-state index contributed by atoms with van der Waals surface area (Å²) in [5.41, 5.74) is 0.276. The molecule has 1 unspecified atom stereocenters. The average Bonchev–Trinajstić information content (AvgIpc) is 3.18. The van der Waals surface area contributed by atoms with Gasteiger partial charge in [-0.25, -0.2) is 9.59 Å². The molecule has 0 aromatic heterocycles. The summed E-state index contributed by atoms with van der Waals surface area (Å²) in [5, 5.41) is 2.35. The normalized spacial score (nSPS) is 16.0. The van der Waals surface area contributed by atoms with Gasteiger partial charge in [0.05, 0.1) is 19.3 Å². The van der Waals surface area contributed by atoms with Gasteiger partial charge in [0.25, 0.3) is 5.91 Å². The molecule has 1 aromatic carbocycles. The van der Waals surface area contributed by atoms with Crippen LogP contribution < -0.4 is 10.1 Å². The largest absolute Gasteiger partial charge is 0.491 e. The number of rotatable bonds is 9. The van der Waals surface area contributed by atoms with Crippen molar-refractivity contribution in [1.82, 2.24) is 5.32 Å². The third-order valence-electron chi connectivity index (χ3n) is 3.90. The lowest BCUT2D eigenvalue weighted by Gasteiger charge is -2.16. The molecule has 8 nitrogen and oxygen atoms in total. The molecule has 0 bridgehead atoms. The second kappa shape index (κ2) is 10.5. The van der Waals surface area contributed by atoms with Crippen LogP contribution >= 0.6 is 0 Å². The van der Waals surface area contributed by atoms with Gasteiger partial charge in [-0.3, -0.25) is 4.79 Å². The molecule has 0 aliphatic carbocycles. The van der Waals surface area contributed by atoms with E-state index in [-0.39, 0.29) is 24.9 Å². The number of esters is 2. The maximum absolute atomic E-state index is 12.4. The van der Waals surface area contributed by atoms with Crippen molar-refractivity contribution >= 4 is 17.8 Å². The summed E-state index contributed by atoms with van der Waals surface area (Å²) < 4.78 is 20.8. The van der Waals surface area contributed by atoms with Gasteiger partial charge in [-0.05, 0) is 51.0 Å². The summed E-state index contributed by atoms with van der Waals surface area (Å²) in [4.78, 5) is 36.2. The first kappa shape index (κ1) is 20.7. The molecule has 1 aliphatic rings. The highest BCUT2D eigenvalue weighted by molar-refractivity contribution is 6.05. The van der Waals surface area contributed by atoms with Crippen molar-refractivity contribution in [3.8, 4) is 5.75 Å². The predicted octanol–water partition coefficient (Wildman–Crippen LogP) is 1.47. The first-order valence-corrected chi connectivity index (χ1v) is 9.03. The molecule has 148 valence electrons. The Kier molecular flexibility index (Phi) is 8.06. The quantitative estimate of drug-likeness (QED) is 0.512. The minimum absolute atomic E-state index is 0.0847. The standard InChI is InChI=1S/C19H25NO7/c1-3-24-18(22)16(19(23)25-4-2)20-17(21)13-7-9-14(10-8-13)27-12-15-6-5-11-26-15/h7-10,15-16H,3-6,11-12H2,1-2H3,(H,20,21). The van der Waals surface area contributed by atoms with Gasteiger partial charge in [0.15, 0.2) is 0 Å². The fourth-order valence-electron chi connectivity index (χ4n) is 2.55. The van der Waals surface area contributed by atoms with Gasteiger partial charge in [-0.1, -0.05) is 0 Å². The predicted molar refractivity (Wildman–Crippen MR) is 95.4 cm³/mol. The number of carbonyl (C=O) groups excluding carboxylic acids is 3. The molecule has 0 saturated carbocycles. The molecule has 1 fully saturated rings. The minimum Gasteiger partial charge on any atom is -0.491 e. The van der Waals surface area contributed by atoms with Crippen LogP contribution in [0, 0.1) is 0 Å². The highest BCUT2D eigenvalue weighted by Crippen LogP contribution is 2.16. The van der Waals surface area contributed by atoms with Gasteiger partial charge < -0.3 is 24.3 Å². The van der Waals surface area contributed by atoms with Gasteiger partial charge in [0.1, 0.15) is 12.4 Å². The van der Waals surface area contributed by atoms with Crippen molar-refractivity contribution in [2.45, 2.75) is 38.8 Å². The third-order valence-corrected chi connectivity index (χ3v) is 3.90. The minimum atomic E-state index is -1.51. The van der Waals surface area contributed by atoms with Crippen LogP contribution in [0.3, 0.4) is 0 Å². The van der Waals surface area contributed by atoms with Crippen LogP contribution in [0.2, 0.25) is 0 Å². The maximum atomic E-state index is 12.4. The van der Waals surface area contributed by atoms with Crippen LogP contribution in [0.1, 0.15) is 37.0 Å². The van der Waals surface area contributed by atoms with E-state index in [9.17, 15) is 14.4 Å². The van der Waals surface area contributed by atoms with Crippen molar-refractivity contribution in [3.63, 3.8) is 0 Å². The van der Waals surface area contributed by atoms with Crippen molar-refractivity contribution in [3.05, 3.63) is 29.8 Å². The first-order chi connectivity index (χ1) is 13.0. The second-order valence-corrected chi connectivity index (χ2v) is 5.88. The number of amides is 1. The van der Waals surface area contributed by atoms with Crippen LogP contribution in [0.4, 0.5) is 0 Å². The third kappa shape index (κ3) is 6.25. The van der Waals surface area contributed by atoms with Crippen LogP contribution in [0.25, 0.3) is 0 Å². The first-order valence-electron chi connectivity index (χ1n) is 9.03. The SMILES string of the molecule is CCOC(=O)C(NC(=O)c1ccc(OCC2CCCO2)cc1)C(=O)OCC. The topological polar surface area (TPSA) is 100 Å². The van der Waals surface area contributed by atoms with E-state index in [2.05, 4.69) is 5.32 Å². The molecule has 1 heterocycles. The molecule has 1 saturated heterocycles. The number of carbonyl (C=O) groups is 3. The zero-order chi connectivity index (χ0) is 19.6. The van der Waals surface area contributed by atoms with E-state index < -0.39 is 23.9 Å². The van der Waals surface area contributed by atoms with Crippen molar-refractivity contribution in [1.29, 1.82) is 0 Å². The number of nitrogens with one attached hydrogen (secondary N) is 1. The second-order valence-electron chi connectivity index (χ2n) is 5.88. The Morgan fingerprint density at radius 1 is 1.11 bits per heavy atom. The van der Waals surface area contributed by atoms with E-state index in [1.165, 1.54) is 0 Å². The number of hydrogen-bond acceptors (Lipinski definition) is 7. The monoisotopic (exact) mass is 379 g/mol. The fourth-order valence-corrected chi connectivity index (χ4v) is 2.55. The van der Waals surface area contributed by atoms with Crippen molar-refractivity contribution in [2.75, 3.05) is 26.4 Å². The molecule has 1 atom stereocenters. The van der Waals surface area contributed by atoms with Gasteiger partial charge >= 0.3 is 11.9 Å². The molecule has 1 aromatic rings. The molecular weight excluding hydrogens is 354 g/mol.